The van der Waals surface area contributed by atoms with Crippen LogP contribution >= 0.6 is 24.0 Å². The first-order valence-electron chi connectivity index (χ1n) is 7.74. The molecule has 2 rings (SSSR count). The largest absolute Gasteiger partial charge is 0.444 e. The maximum Gasteiger partial charge on any atom is 0.226 e. The Morgan fingerprint density at radius 2 is 1.96 bits per heavy atom. The number of benzene rings is 1. The third-order valence-corrected chi connectivity index (χ3v) is 3.36. The Morgan fingerprint density at radius 1 is 1.24 bits per heavy atom. The number of nitrogens with zero attached hydrogens (tertiary/aromatic N) is 3. The van der Waals surface area contributed by atoms with E-state index in [0.29, 0.717) is 31.4 Å². The van der Waals surface area contributed by atoms with Crippen LogP contribution in [0.1, 0.15) is 12.1 Å². The van der Waals surface area contributed by atoms with E-state index in [1.54, 1.807) is 32.3 Å². The molecule has 1 amide bonds. The fraction of sp³-hybridized carbons (Fsp3) is 0.353. The van der Waals surface area contributed by atoms with Crippen molar-refractivity contribution in [2.24, 2.45) is 4.99 Å². The lowest BCUT2D eigenvalue weighted by atomic mass is 10.2. The summed E-state index contributed by atoms with van der Waals surface area (Å²) in [4.78, 5) is 21.7. The minimum atomic E-state index is 0. The molecule has 1 aromatic carbocycles. The van der Waals surface area contributed by atoms with Gasteiger partial charge in [0.15, 0.2) is 5.96 Å². The molecule has 0 aliphatic rings. The lowest BCUT2D eigenvalue weighted by molar-refractivity contribution is -0.128. The summed E-state index contributed by atoms with van der Waals surface area (Å²) in [7, 11) is 5.16. The Labute approximate surface area is 164 Å². The number of guanidine groups is 1. The van der Waals surface area contributed by atoms with Gasteiger partial charge < -0.3 is 20.0 Å². The minimum Gasteiger partial charge on any atom is -0.444 e. The van der Waals surface area contributed by atoms with E-state index >= 15 is 0 Å². The maximum atomic E-state index is 11.5. The molecule has 0 atom stereocenters. The number of carbonyl (C=O) groups excluding carboxylic acids is 1. The number of aliphatic imine (C=N–C) groups is 1. The number of aromatic nitrogens is 1. The van der Waals surface area contributed by atoms with E-state index in [1.165, 1.54) is 0 Å². The van der Waals surface area contributed by atoms with Crippen LogP contribution in [0, 0.1) is 0 Å². The van der Waals surface area contributed by atoms with E-state index < -0.39 is 0 Å². The van der Waals surface area contributed by atoms with E-state index in [9.17, 15) is 4.79 Å². The van der Waals surface area contributed by atoms with Crippen molar-refractivity contribution in [2.75, 3.05) is 27.7 Å². The Hall–Kier alpha value is -2.10. The molecule has 0 bridgehead atoms. The van der Waals surface area contributed by atoms with E-state index in [-0.39, 0.29) is 29.9 Å². The number of hydrogen-bond donors (Lipinski definition) is 2. The highest BCUT2D eigenvalue weighted by Gasteiger charge is 2.08. The van der Waals surface area contributed by atoms with Gasteiger partial charge in [0, 0.05) is 39.7 Å². The quantitative estimate of drug-likeness (QED) is 0.395. The molecule has 0 aliphatic heterocycles. The Bertz CT molecular complexity index is 685. The van der Waals surface area contributed by atoms with Crippen LogP contribution in [-0.2, 0) is 11.3 Å². The number of rotatable bonds is 6. The van der Waals surface area contributed by atoms with E-state index in [2.05, 4.69) is 20.6 Å². The van der Waals surface area contributed by atoms with Crippen molar-refractivity contribution in [2.45, 2.75) is 13.0 Å². The predicted octanol–water partition coefficient (Wildman–Crippen LogP) is 2.10. The zero-order valence-electron chi connectivity index (χ0n) is 14.7. The van der Waals surface area contributed by atoms with Gasteiger partial charge in [-0.2, -0.15) is 0 Å². The maximum absolute atomic E-state index is 11.5. The van der Waals surface area contributed by atoms with Crippen molar-refractivity contribution >= 4 is 35.8 Å². The van der Waals surface area contributed by atoms with E-state index in [1.807, 2.05) is 30.3 Å². The summed E-state index contributed by atoms with van der Waals surface area (Å²) in [5.41, 5.74) is 1.72. The third-order valence-electron chi connectivity index (χ3n) is 3.36. The molecular weight excluding hydrogens is 433 g/mol. The van der Waals surface area contributed by atoms with Gasteiger partial charge in [0.05, 0.1) is 12.2 Å². The summed E-state index contributed by atoms with van der Waals surface area (Å²) in [5.74, 6) is 1.28. The standard InChI is InChI=1S/C17H23N5O2.HI/c1-18-17(19-10-9-15(23)22(2)3)20-11-14-12-24-16(21-14)13-7-5-4-6-8-13;/h4-8,12H,9-11H2,1-3H3,(H2,18,19,20);1H. The summed E-state index contributed by atoms with van der Waals surface area (Å²) in [6.45, 7) is 1.00. The van der Waals surface area contributed by atoms with Gasteiger partial charge in [0.2, 0.25) is 11.8 Å². The normalized spacial score (nSPS) is 10.8. The van der Waals surface area contributed by atoms with Crippen molar-refractivity contribution in [1.29, 1.82) is 0 Å². The lowest BCUT2D eigenvalue weighted by Crippen LogP contribution is -2.38. The molecule has 8 heteroatoms. The second-order valence-electron chi connectivity index (χ2n) is 5.40. The first-order chi connectivity index (χ1) is 11.6. The average Bonchev–Trinajstić information content (AvgIpc) is 3.07. The molecule has 7 nitrogen and oxygen atoms in total. The smallest absolute Gasteiger partial charge is 0.226 e. The van der Waals surface area contributed by atoms with Crippen molar-refractivity contribution in [3.05, 3.63) is 42.3 Å². The zero-order chi connectivity index (χ0) is 17.4. The molecule has 1 aromatic heterocycles. The second kappa shape index (κ2) is 10.7. The number of oxazole rings is 1. The second-order valence-corrected chi connectivity index (χ2v) is 5.40. The molecule has 2 N–H and O–H groups in total. The Kier molecular flexibility index (Phi) is 8.96. The van der Waals surface area contributed by atoms with Gasteiger partial charge in [0.1, 0.15) is 6.26 Å². The predicted molar refractivity (Wildman–Crippen MR) is 109 cm³/mol. The van der Waals surface area contributed by atoms with Crippen LogP contribution in [-0.4, -0.2) is 49.4 Å². The fourth-order valence-corrected chi connectivity index (χ4v) is 2.01. The third kappa shape index (κ3) is 6.73. The molecule has 0 spiro atoms. The lowest BCUT2D eigenvalue weighted by Gasteiger charge is -2.13. The van der Waals surface area contributed by atoms with Crippen molar-refractivity contribution < 1.29 is 9.21 Å². The first-order valence-corrected chi connectivity index (χ1v) is 7.74. The summed E-state index contributed by atoms with van der Waals surface area (Å²) in [6, 6.07) is 9.73. The first kappa shape index (κ1) is 20.9. The molecule has 136 valence electrons. The van der Waals surface area contributed by atoms with Crippen LogP contribution in [0.25, 0.3) is 11.5 Å². The van der Waals surface area contributed by atoms with Crippen LogP contribution in [0.4, 0.5) is 0 Å². The Balaban J connectivity index is 0.00000312. The Morgan fingerprint density at radius 3 is 2.60 bits per heavy atom. The van der Waals surface area contributed by atoms with E-state index in [4.69, 9.17) is 4.42 Å². The average molecular weight is 457 g/mol. The highest BCUT2D eigenvalue weighted by atomic mass is 127. The van der Waals surface area contributed by atoms with Gasteiger partial charge in [-0.05, 0) is 12.1 Å². The van der Waals surface area contributed by atoms with Crippen LogP contribution in [0.5, 0.6) is 0 Å². The monoisotopic (exact) mass is 457 g/mol. The van der Waals surface area contributed by atoms with Crippen LogP contribution in [0.2, 0.25) is 0 Å². The zero-order valence-corrected chi connectivity index (χ0v) is 17.0. The molecule has 0 fully saturated rings. The fourth-order valence-electron chi connectivity index (χ4n) is 2.01. The number of hydrogen-bond acceptors (Lipinski definition) is 4. The van der Waals surface area contributed by atoms with Gasteiger partial charge in [-0.25, -0.2) is 4.98 Å². The van der Waals surface area contributed by atoms with Crippen LogP contribution in [0.15, 0.2) is 46.0 Å². The van der Waals surface area contributed by atoms with Gasteiger partial charge >= 0.3 is 0 Å². The highest BCUT2D eigenvalue weighted by molar-refractivity contribution is 14.0. The van der Waals surface area contributed by atoms with Crippen LogP contribution < -0.4 is 10.6 Å². The molecule has 0 unspecified atom stereocenters. The van der Waals surface area contributed by atoms with Crippen LogP contribution in [0.3, 0.4) is 0 Å². The van der Waals surface area contributed by atoms with Crippen molar-refractivity contribution in [1.82, 2.24) is 20.5 Å². The molecule has 0 saturated heterocycles. The summed E-state index contributed by atoms with van der Waals surface area (Å²) >= 11 is 0. The number of nitrogens with one attached hydrogen (secondary N) is 2. The van der Waals surface area contributed by atoms with Crippen molar-refractivity contribution in [3.8, 4) is 11.5 Å². The molecule has 25 heavy (non-hydrogen) atoms. The van der Waals surface area contributed by atoms with E-state index in [0.717, 1.165) is 11.3 Å². The SMILES string of the molecule is CN=C(NCCC(=O)N(C)C)NCc1coc(-c2ccccc2)n1.I. The summed E-state index contributed by atoms with van der Waals surface area (Å²) in [6.07, 6.45) is 2.04. The number of carbonyl (C=O) groups is 1. The minimum absolute atomic E-state index is 0. The van der Waals surface area contributed by atoms with Gasteiger partial charge in [0.25, 0.3) is 0 Å². The summed E-state index contributed by atoms with van der Waals surface area (Å²) in [5, 5.41) is 6.24. The molecule has 0 radical (unpaired) electrons. The van der Waals surface area contributed by atoms with Gasteiger partial charge in [-0.15, -0.1) is 24.0 Å². The topological polar surface area (TPSA) is 82.8 Å². The molecular formula is C17H24IN5O2. The van der Waals surface area contributed by atoms with Gasteiger partial charge in [-0.1, -0.05) is 18.2 Å². The number of halogens is 1. The van der Waals surface area contributed by atoms with Crippen molar-refractivity contribution in [3.63, 3.8) is 0 Å². The highest BCUT2D eigenvalue weighted by Crippen LogP contribution is 2.17. The van der Waals surface area contributed by atoms with Gasteiger partial charge in [-0.3, -0.25) is 9.79 Å². The molecule has 0 aliphatic carbocycles. The number of amides is 1. The molecule has 2 aromatic rings. The summed E-state index contributed by atoms with van der Waals surface area (Å²) < 4.78 is 5.49. The molecule has 0 saturated carbocycles. The molecule has 1 heterocycles.